The Balaban J connectivity index is 1.49. The Morgan fingerprint density at radius 1 is 1.11 bits per heavy atom. The average molecular weight is 526 g/mol. The van der Waals surface area contributed by atoms with Crippen LogP contribution >= 0.6 is 0 Å². The van der Waals surface area contributed by atoms with Crippen LogP contribution in [0.5, 0.6) is 0 Å². The Morgan fingerprint density at radius 3 is 2.53 bits per heavy atom. The summed E-state index contributed by atoms with van der Waals surface area (Å²) in [6.45, 7) is 5.07. The second-order valence-corrected chi connectivity index (χ2v) is 10.2. The molecule has 4 amide bonds. The molecule has 2 aromatic carbocycles. The Hall–Kier alpha value is -3.50. The molecule has 0 radical (unpaired) electrons. The lowest BCUT2D eigenvalue weighted by Crippen LogP contribution is -2.76. The van der Waals surface area contributed by atoms with E-state index < -0.39 is 12.2 Å². The summed E-state index contributed by atoms with van der Waals surface area (Å²) in [5, 5.41) is 6.10. The molecule has 0 spiro atoms. The molecule has 2 heterocycles. The number of hydrazine groups is 1. The quantitative estimate of drug-likeness (QED) is 0.509. The molecule has 0 aromatic heterocycles. The predicted molar refractivity (Wildman–Crippen MR) is 140 cm³/mol. The molecule has 0 unspecified atom stereocenters. The van der Waals surface area contributed by atoms with E-state index in [0.717, 1.165) is 5.56 Å². The van der Waals surface area contributed by atoms with E-state index in [1.165, 1.54) is 11.1 Å². The molecule has 10 heteroatoms. The largest absolute Gasteiger partial charge is 0.375 e. The number of nitrogens with zero attached hydrogens (tertiary/aromatic N) is 4. The molecule has 2 atom stereocenters. The van der Waals surface area contributed by atoms with E-state index in [1.807, 2.05) is 44.2 Å². The van der Waals surface area contributed by atoms with Gasteiger partial charge in [0, 0.05) is 25.7 Å². The highest BCUT2D eigenvalue weighted by Gasteiger charge is 2.50. The van der Waals surface area contributed by atoms with Gasteiger partial charge in [-0.05, 0) is 24.0 Å². The van der Waals surface area contributed by atoms with E-state index in [2.05, 4.69) is 5.32 Å². The van der Waals surface area contributed by atoms with Gasteiger partial charge in [0.1, 0.15) is 18.0 Å². The maximum absolute atomic E-state index is 13.9. The summed E-state index contributed by atoms with van der Waals surface area (Å²) >= 11 is 0. The number of amides is 4. The van der Waals surface area contributed by atoms with Crippen LogP contribution in [0.4, 0.5) is 9.18 Å². The number of rotatable bonds is 9. The fourth-order valence-electron chi connectivity index (χ4n) is 5.01. The number of nitrogens with one attached hydrogen (secondary N) is 1. The highest BCUT2D eigenvalue weighted by Crippen LogP contribution is 2.28. The summed E-state index contributed by atoms with van der Waals surface area (Å²) < 4.78 is 19.6. The molecule has 2 aliphatic heterocycles. The molecule has 2 aliphatic rings. The molecule has 0 saturated carbocycles. The normalized spacial score (nSPS) is 20.2. The third-order valence-corrected chi connectivity index (χ3v) is 6.85. The number of carbonyl (C=O) groups is 3. The van der Waals surface area contributed by atoms with Crippen molar-refractivity contribution < 1.29 is 23.5 Å². The van der Waals surface area contributed by atoms with Gasteiger partial charge in [0.25, 0.3) is 0 Å². The van der Waals surface area contributed by atoms with Crippen LogP contribution in [0.3, 0.4) is 0 Å². The second-order valence-electron chi connectivity index (χ2n) is 10.2. The van der Waals surface area contributed by atoms with Crippen LogP contribution in [0, 0.1) is 11.7 Å². The minimum absolute atomic E-state index is 0.00286. The zero-order chi connectivity index (χ0) is 27.2. The third-order valence-electron chi connectivity index (χ3n) is 6.85. The summed E-state index contributed by atoms with van der Waals surface area (Å²) in [7, 11) is 1.70. The summed E-state index contributed by atoms with van der Waals surface area (Å²) in [5.74, 6) is -0.518. The Labute approximate surface area is 223 Å². The zero-order valence-electron chi connectivity index (χ0n) is 22.2. The number of carbonyl (C=O) groups excluding carboxylic acids is 3. The minimum Gasteiger partial charge on any atom is -0.375 e. The van der Waals surface area contributed by atoms with Gasteiger partial charge in [0.05, 0.1) is 26.3 Å². The van der Waals surface area contributed by atoms with Crippen LogP contribution in [-0.2, 0) is 27.5 Å². The van der Waals surface area contributed by atoms with Crippen molar-refractivity contribution in [2.24, 2.45) is 5.92 Å². The van der Waals surface area contributed by atoms with Crippen LogP contribution in [0.1, 0.15) is 31.4 Å². The smallest absolute Gasteiger partial charge is 0.334 e. The zero-order valence-corrected chi connectivity index (χ0v) is 22.2. The second kappa shape index (κ2) is 12.4. The van der Waals surface area contributed by atoms with Crippen LogP contribution in [0.2, 0.25) is 0 Å². The van der Waals surface area contributed by atoms with E-state index >= 15 is 0 Å². The first-order chi connectivity index (χ1) is 18.3. The van der Waals surface area contributed by atoms with Crippen LogP contribution in [0.25, 0.3) is 0 Å². The van der Waals surface area contributed by atoms with Gasteiger partial charge in [-0.15, -0.1) is 0 Å². The molecule has 204 valence electrons. The lowest BCUT2D eigenvalue weighted by molar-refractivity contribution is -0.188. The van der Waals surface area contributed by atoms with E-state index in [0.29, 0.717) is 18.5 Å². The van der Waals surface area contributed by atoms with Crippen molar-refractivity contribution in [2.45, 2.75) is 45.6 Å². The van der Waals surface area contributed by atoms with E-state index in [9.17, 15) is 18.8 Å². The van der Waals surface area contributed by atoms with E-state index in [1.54, 1.807) is 40.1 Å². The summed E-state index contributed by atoms with van der Waals surface area (Å²) in [6.07, 6.45) is -0.165. The molecule has 2 saturated heterocycles. The number of hydrogen-bond donors (Lipinski definition) is 1. The van der Waals surface area contributed by atoms with Gasteiger partial charge in [0.2, 0.25) is 11.8 Å². The lowest BCUT2D eigenvalue weighted by Gasteiger charge is -2.54. The van der Waals surface area contributed by atoms with E-state index in [-0.39, 0.29) is 62.4 Å². The summed E-state index contributed by atoms with van der Waals surface area (Å²) in [5.41, 5.74) is 1.40. The Kier molecular flexibility index (Phi) is 8.96. The maximum atomic E-state index is 13.9. The standard InChI is InChI=1S/C28H36FN5O4/c1-20(2)15-24-27(36)32(13-14-38-19-22-11-7-8-12-23(22)29)17-25-33(24)26(35)18-31(3)34(25)28(37)30-16-21-9-5-4-6-10-21/h4-12,20,24-25H,13-19H2,1-3H3,(H,30,37)/t24-,25-/m0/s1. The number of fused-ring (bicyclic) bond motifs is 1. The molecule has 0 aliphatic carbocycles. The topological polar surface area (TPSA) is 85.4 Å². The average Bonchev–Trinajstić information content (AvgIpc) is 2.88. The molecule has 2 fully saturated rings. The minimum atomic E-state index is -0.675. The van der Waals surface area contributed by atoms with Crippen LogP contribution < -0.4 is 5.32 Å². The first-order valence-corrected chi connectivity index (χ1v) is 13.0. The number of urea groups is 1. The van der Waals surface area contributed by atoms with Crippen LogP contribution in [-0.4, -0.2) is 83.2 Å². The van der Waals surface area contributed by atoms with Crippen molar-refractivity contribution in [3.8, 4) is 0 Å². The fraction of sp³-hybridized carbons (Fsp3) is 0.464. The van der Waals surface area contributed by atoms with Crippen molar-refractivity contribution in [3.05, 3.63) is 71.5 Å². The Morgan fingerprint density at radius 2 is 1.82 bits per heavy atom. The SMILES string of the molecule is CC(C)C[C@H]1C(=O)N(CCOCc2ccccc2F)C[C@H]2N1C(=O)CN(C)N2C(=O)NCc1ccccc1. The number of piperazine rings is 1. The van der Waals surface area contributed by atoms with Crippen molar-refractivity contribution in [3.63, 3.8) is 0 Å². The molecule has 0 bridgehead atoms. The van der Waals surface area contributed by atoms with Crippen molar-refractivity contribution in [1.82, 2.24) is 25.1 Å². The van der Waals surface area contributed by atoms with Crippen LogP contribution in [0.15, 0.2) is 54.6 Å². The summed E-state index contributed by atoms with van der Waals surface area (Å²) in [6, 6.07) is 15.0. The number of ether oxygens (including phenoxy) is 1. The maximum Gasteiger partial charge on any atom is 0.334 e. The molecule has 38 heavy (non-hydrogen) atoms. The fourth-order valence-corrected chi connectivity index (χ4v) is 5.01. The molecule has 2 aromatic rings. The molecular formula is C28H36FN5O4. The lowest BCUT2D eigenvalue weighted by atomic mass is 9.97. The number of likely N-dealkylation sites (N-methyl/N-ethyl adjacent to an activating group) is 1. The molecule has 9 nitrogen and oxygen atoms in total. The highest BCUT2D eigenvalue weighted by atomic mass is 19.1. The van der Waals surface area contributed by atoms with Gasteiger partial charge in [0.15, 0.2) is 0 Å². The number of hydrogen-bond acceptors (Lipinski definition) is 5. The summed E-state index contributed by atoms with van der Waals surface area (Å²) in [4.78, 5) is 43.3. The third kappa shape index (κ3) is 6.31. The number of halogens is 1. The van der Waals surface area contributed by atoms with E-state index in [4.69, 9.17) is 4.74 Å². The predicted octanol–water partition coefficient (Wildman–Crippen LogP) is 2.83. The van der Waals surface area contributed by atoms with Gasteiger partial charge in [-0.2, -0.15) is 0 Å². The first kappa shape index (κ1) is 27.5. The van der Waals surface area contributed by atoms with Crippen molar-refractivity contribution >= 4 is 17.8 Å². The van der Waals surface area contributed by atoms with Gasteiger partial charge in [-0.3, -0.25) is 9.59 Å². The monoisotopic (exact) mass is 525 g/mol. The first-order valence-electron chi connectivity index (χ1n) is 13.0. The highest BCUT2D eigenvalue weighted by molar-refractivity contribution is 5.91. The number of benzene rings is 2. The molecular weight excluding hydrogens is 489 g/mol. The van der Waals surface area contributed by atoms with Gasteiger partial charge < -0.3 is 19.9 Å². The molecule has 4 rings (SSSR count). The van der Waals surface area contributed by atoms with Crippen molar-refractivity contribution in [1.29, 1.82) is 0 Å². The van der Waals surface area contributed by atoms with Gasteiger partial charge >= 0.3 is 6.03 Å². The Bertz CT molecular complexity index is 1130. The van der Waals surface area contributed by atoms with Crippen molar-refractivity contribution in [2.75, 3.05) is 33.3 Å². The van der Waals surface area contributed by atoms with Gasteiger partial charge in [-0.25, -0.2) is 19.2 Å². The van der Waals surface area contributed by atoms with Gasteiger partial charge in [-0.1, -0.05) is 62.4 Å². The molecule has 1 N–H and O–H groups in total.